The molecule has 0 bridgehead atoms. The molecular formula is C12H24N2O2. The molecule has 94 valence electrons. The Bertz CT molecular complexity index is 199. The van der Waals surface area contributed by atoms with Crippen LogP contribution in [0.15, 0.2) is 0 Å². The van der Waals surface area contributed by atoms with Gasteiger partial charge < -0.3 is 9.64 Å². The van der Waals surface area contributed by atoms with E-state index >= 15 is 0 Å². The standard InChI is InChI=1S/C12H24N2O2/c1-3-4-5-6-14-7-8-16-12(10-14)9-13(2)11-15/h11-12H,3-10H2,1-2H3. The first-order valence-electron chi connectivity index (χ1n) is 6.25. The van der Waals surface area contributed by atoms with Crippen molar-refractivity contribution in [3.8, 4) is 0 Å². The highest BCUT2D eigenvalue weighted by Gasteiger charge is 2.20. The molecule has 1 heterocycles. The lowest BCUT2D eigenvalue weighted by Gasteiger charge is -2.34. The van der Waals surface area contributed by atoms with Crippen molar-refractivity contribution in [2.45, 2.75) is 32.3 Å². The van der Waals surface area contributed by atoms with Crippen molar-refractivity contribution in [2.24, 2.45) is 0 Å². The summed E-state index contributed by atoms with van der Waals surface area (Å²) in [4.78, 5) is 14.6. The molecule has 0 aromatic carbocycles. The van der Waals surface area contributed by atoms with Crippen LogP contribution in [0.2, 0.25) is 0 Å². The highest BCUT2D eigenvalue weighted by Crippen LogP contribution is 2.07. The first-order valence-corrected chi connectivity index (χ1v) is 6.25. The summed E-state index contributed by atoms with van der Waals surface area (Å²) in [6.07, 6.45) is 4.88. The quantitative estimate of drug-likeness (QED) is 0.481. The van der Waals surface area contributed by atoms with Crippen LogP contribution in [0, 0.1) is 0 Å². The molecule has 16 heavy (non-hydrogen) atoms. The second-order valence-electron chi connectivity index (χ2n) is 4.55. The number of morpholine rings is 1. The summed E-state index contributed by atoms with van der Waals surface area (Å²) in [5.74, 6) is 0. The van der Waals surface area contributed by atoms with Gasteiger partial charge in [-0.2, -0.15) is 0 Å². The van der Waals surface area contributed by atoms with Crippen LogP contribution < -0.4 is 0 Å². The largest absolute Gasteiger partial charge is 0.374 e. The van der Waals surface area contributed by atoms with Gasteiger partial charge in [0.2, 0.25) is 6.41 Å². The summed E-state index contributed by atoms with van der Waals surface area (Å²) in [7, 11) is 1.80. The van der Waals surface area contributed by atoms with Gasteiger partial charge in [-0.1, -0.05) is 19.8 Å². The highest BCUT2D eigenvalue weighted by molar-refractivity contribution is 5.46. The lowest BCUT2D eigenvalue weighted by atomic mass is 10.2. The number of hydrogen-bond donors (Lipinski definition) is 0. The van der Waals surface area contributed by atoms with Crippen LogP contribution in [-0.4, -0.2) is 62.1 Å². The van der Waals surface area contributed by atoms with Crippen molar-refractivity contribution in [3.05, 3.63) is 0 Å². The lowest BCUT2D eigenvalue weighted by molar-refractivity contribution is -0.120. The van der Waals surface area contributed by atoms with Gasteiger partial charge in [-0.25, -0.2) is 0 Å². The third-order valence-electron chi connectivity index (χ3n) is 2.97. The maximum absolute atomic E-state index is 10.5. The molecule has 4 heteroatoms. The number of ether oxygens (including phenoxy) is 1. The van der Waals surface area contributed by atoms with Crippen LogP contribution >= 0.6 is 0 Å². The molecule has 0 aliphatic carbocycles. The van der Waals surface area contributed by atoms with E-state index in [4.69, 9.17) is 4.74 Å². The zero-order chi connectivity index (χ0) is 11.8. The molecule has 0 N–H and O–H groups in total. The van der Waals surface area contributed by atoms with Crippen molar-refractivity contribution in [2.75, 3.05) is 39.8 Å². The molecule has 1 atom stereocenters. The fourth-order valence-electron chi connectivity index (χ4n) is 2.04. The molecule has 4 nitrogen and oxygen atoms in total. The summed E-state index contributed by atoms with van der Waals surface area (Å²) in [6, 6.07) is 0. The molecule has 1 fully saturated rings. The van der Waals surface area contributed by atoms with Crippen LogP contribution in [-0.2, 0) is 9.53 Å². The number of carbonyl (C=O) groups excluding carboxylic acids is 1. The van der Waals surface area contributed by atoms with Gasteiger partial charge >= 0.3 is 0 Å². The second kappa shape index (κ2) is 7.63. The Labute approximate surface area is 98.5 Å². The van der Waals surface area contributed by atoms with Crippen LogP contribution in [0.4, 0.5) is 0 Å². The van der Waals surface area contributed by atoms with E-state index in [0.717, 1.165) is 26.1 Å². The van der Waals surface area contributed by atoms with E-state index in [2.05, 4.69) is 11.8 Å². The van der Waals surface area contributed by atoms with Crippen LogP contribution in [0.3, 0.4) is 0 Å². The van der Waals surface area contributed by atoms with Gasteiger partial charge in [0.1, 0.15) is 0 Å². The third kappa shape index (κ3) is 4.94. The van der Waals surface area contributed by atoms with Gasteiger partial charge in [0.15, 0.2) is 0 Å². The number of rotatable bonds is 7. The van der Waals surface area contributed by atoms with Crippen LogP contribution in [0.1, 0.15) is 26.2 Å². The highest BCUT2D eigenvalue weighted by atomic mass is 16.5. The van der Waals surface area contributed by atoms with Crippen molar-refractivity contribution < 1.29 is 9.53 Å². The number of carbonyl (C=O) groups is 1. The number of nitrogens with zero attached hydrogens (tertiary/aromatic N) is 2. The lowest BCUT2D eigenvalue weighted by Crippen LogP contribution is -2.46. The Balaban J connectivity index is 2.21. The van der Waals surface area contributed by atoms with Gasteiger partial charge in [0.25, 0.3) is 0 Å². The predicted octanol–water partition coefficient (Wildman–Crippen LogP) is 0.966. The van der Waals surface area contributed by atoms with Gasteiger partial charge in [-0.05, 0) is 13.0 Å². The van der Waals surface area contributed by atoms with Crippen LogP contribution in [0.5, 0.6) is 0 Å². The van der Waals surface area contributed by atoms with Crippen molar-refractivity contribution in [1.82, 2.24) is 9.80 Å². The summed E-state index contributed by atoms with van der Waals surface area (Å²) in [6.45, 7) is 6.88. The SMILES string of the molecule is CCCCCN1CCOC(CN(C)C=O)C1. The number of hydrogen-bond acceptors (Lipinski definition) is 3. The van der Waals surface area contributed by atoms with E-state index in [-0.39, 0.29) is 6.10 Å². The molecule has 0 aromatic rings. The topological polar surface area (TPSA) is 32.8 Å². The molecule has 1 unspecified atom stereocenters. The smallest absolute Gasteiger partial charge is 0.209 e. The minimum absolute atomic E-state index is 0.186. The van der Waals surface area contributed by atoms with E-state index < -0.39 is 0 Å². The molecule has 0 radical (unpaired) electrons. The second-order valence-corrected chi connectivity index (χ2v) is 4.55. The van der Waals surface area contributed by atoms with E-state index in [1.54, 1.807) is 11.9 Å². The minimum atomic E-state index is 0.186. The molecule has 1 rings (SSSR count). The first kappa shape index (κ1) is 13.5. The molecule has 1 amide bonds. The Kier molecular flexibility index (Phi) is 6.42. The zero-order valence-corrected chi connectivity index (χ0v) is 10.5. The molecule has 0 saturated carbocycles. The molecule has 1 saturated heterocycles. The van der Waals surface area contributed by atoms with Gasteiger partial charge in [0.05, 0.1) is 12.7 Å². The molecule has 1 aliphatic heterocycles. The normalized spacial score (nSPS) is 22.0. The van der Waals surface area contributed by atoms with E-state index in [1.807, 2.05) is 0 Å². The van der Waals surface area contributed by atoms with Crippen molar-refractivity contribution in [1.29, 1.82) is 0 Å². The number of likely N-dealkylation sites (N-methyl/N-ethyl adjacent to an activating group) is 1. The number of unbranched alkanes of at least 4 members (excludes halogenated alkanes) is 2. The average Bonchev–Trinajstić information content (AvgIpc) is 2.30. The first-order chi connectivity index (χ1) is 7.76. The monoisotopic (exact) mass is 228 g/mol. The summed E-state index contributed by atoms with van der Waals surface area (Å²) >= 11 is 0. The average molecular weight is 228 g/mol. The van der Waals surface area contributed by atoms with Gasteiger partial charge in [0, 0.05) is 26.7 Å². The summed E-state index contributed by atoms with van der Waals surface area (Å²) < 4.78 is 5.64. The molecule has 0 aromatic heterocycles. The maximum Gasteiger partial charge on any atom is 0.209 e. The number of amides is 1. The molecular weight excluding hydrogens is 204 g/mol. The summed E-state index contributed by atoms with van der Waals surface area (Å²) in [5.41, 5.74) is 0. The molecule has 0 spiro atoms. The summed E-state index contributed by atoms with van der Waals surface area (Å²) in [5, 5.41) is 0. The van der Waals surface area contributed by atoms with Crippen LogP contribution in [0.25, 0.3) is 0 Å². The van der Waals surface area contributed by atoms with E-state index in [0.29, 0.717) is 6.54 Å². The Morgan fingerprint density at radius 1 is 1.50 bits per heavy atom. The van der Waals surface area contributed by atoms with Crippen molar-refractivity contribution >= 4 is 6.41 Å². The maximum atomic E-state index is 10.5. The van der Waals surface area contributed by atoms with E-state index in [9.17, 15) is 4.79 Å². The Hall–Kier alpha value is -0.610. The fourth-order valence-corrected chi connectivity index (χ4v) is 2.04. The third-order valence-corrected chi connectivity index (χ3v) is 2.97. The fraction of sp³-hybridized carbons (Fsp3) is 0.917. The predicted molar refractivity (Wildman–Crippen MR) is 64.4 cm³/mol. The Morgan fingerprint density at radius 2 is 2.31 bits per heavy atom. The minimum Gasteiger partial charge on any atom is -0.374 e. The van der Waals surface area contributed by atoms with Gasteiger partial charge in [-0.15, -0.1) is 0 Å². The van der Waals surface area contributed by atoms with E-state index in [1.165, 1.54) is 25.8 Å². The zero-order valence-electron chi connectivity index (χ0n) is 10.5. The molecule has 1 aliphatic rings. The van der Waals surface area contributed by atoms with Gasteiger partial charge in [-0.3, -0.25) is 9.69 Å². The van der Waals surface area contributed by atoms with Crippen molar-refractivity contribution in [3.63, 3.8) is 0 Å². The Morgan fingerprint density at radius 3 is 3.00 bits per heavy atom.